The van der Waals surface area contributed by atoms with Crippen LogP contribution in [0.15, 0.2) is 53.6 Å². The van der Waals surface area contributed by atoms with Crippen LogP contribution in [0.5, 0.6) is 5.75 Å². The molecule has 0 radical (unpaired) electrons. The number of nitrogens with one attached hydrogen (secondary N) is 1. The molecular formula is C27H32FN3O4S. The fraction of sp³-hybridized carbons (Fsp3) is 0.370. The van der Waals surface area contributed by atoms with Crippen molar-refractivity contribution in [3.63, 3.8) is 0 Å². The number of amides is 1. The summed E-state index contributed by atoms with van der Waals surface area (Å²) in [5.74, 6) is -0.692. The smallest absolute Gasteiger partial charge is 0.281 e. The predicted molar refractivity (Wildman–Crippen MR) is 137 cm³/mol. The Morgan fingerprint density at radius 1 is 1.03 bits per heavy atom. The van der Waals surface area contributed by atoms with Gasteiger partial charge in [-0.05, 0) is 55.2 Å². The summed E-state index contributed by atoms with van der Waals surface area (Å²) in [7, 11) is -4.18. The maximum atomic E-state index is 14.4. The fourth-order valence-electron chi connectivity index (χ4n) is 3.44. The van der Waals surface area contributed by atoms with E-state index in [-0.39, 0.29) is 28.3 Å². The zero-order chi connectivity index (χ0) is 26.6. The first-order valence-electron chi connectivity index (χ1n) is 11.8. The molecule has 1 N–H and O–H groups in total. The molecule has 0 aliphatic rings. The number of hydrogen-bond acceptors (Lipinski definition) is 6. The number of sulfonamides is 1. The normalized spacial score (nSPS) is 12.6. The second-order valence-corrected chi connectivity index (χ2v) is 11.2. The highest BCUT2D eigenvalue weighted by molar-refractivity contribution is 7.90. The van der Waals surface area contributed by atoms with E-state index in [0.29, 0.717) is 35.0 Å². The average molecular weight is 514 g/mol. The van der Waals surface area contributed by atoms with Gasteiger partial charge < -0.3 is 4.74 Å². The van der Waals surface area contributed by atoms with Gasteiger partial charge in [-0.25, -0.2) is 14.1 Å². The Bertz CT molecular complexity index is 1360. The number of carbonyl (C=O) groups is 1. The van der Waals surface area contributed by atoms with Crippen molar-refractivity contribution in [2.24, 2.45) is 11.8 Å². The van der Waals surface area contributed by atoms with Gasteiger partial charge in [0.25, 0.3) is 15.9 Å². The van der Waals surface area contributed by atoms with Crippen LogP contribution in [0.3, 0.4) is 0 Å². The molecule has 0 aliphatic heterocycles. The molecule has 0 bridgehead atoms. The van der Waals surface area contributed by atoms with Gasteiger partial charge in [0.2, 0.25) is 0 Å². The highest BCUT2D eigenvalue weighted by Gasteiger charge is 2.26. The van der Waals surface area contributed by atoms with E-state index in [4.69, 9.17) is 4.74 Å². The number of aromatic nitrogens is 2. The number of rotatable bonds is 9. The molecule has 2 aromatic heterocycles. The third kappa shape index (κ3) is 6.66. The maximum Gasteiger partial charge on any atom is 0.281 e. The minimum atomic E-state index is -4.18. The van der Waals surface area contributed by atoms with Crippen LogP contribution in [-0.4, -0.2) is 30.9 Å². The lowest BCUT2D eigenvalue weighted by atomic mass is 9.90. The minimum Gasteiger partial charge on any atom is -0.493 e. The lowest BCUT2D eigenvalue weighted by Gasteiger charge is -2.20. The zero-order valence-corrected chi connectivity index (χ0v) is 22.2. The van der Waals surface area contributed by atoms with E-state index in [0.717, 1.165) is 0 Å². The number of nitrogens with zero attached hydrogens (tertiary/aromatic N) is 2. The van der Waals surface area contributed by atoms with E-state index < -0.39 is 21.7 Å². The summed E-state index contributed by atoms with van der Waals surface area (Å²) in [6, 6.07) is 12.0. The molecule has 1 atom stereocenters. The van der Waals surface area contributed by atoms with Crippen molar-refractivity contribution in [1.82, 2.24) is 14.7 Å². The van der Waals surface area contributed by atoms with Crippen molar-refractivity contribution in [1.29, 1.82) is 0 Å². The summed E-state index contributed by atoms with van der Waals surface area (Å²) in [5, 5.41) is -0.243. The molecule has 0 saturated heterocycles. The largest absolute Gasteiger partial charge is 0.493 e. The van der Waals surface area contributed by atoms with Crippen LogP contribution in [0.1, 0.15) is 62.3 Å². The molecule has 0 spiro atoms. The van der Waals surface area contributed by atoms with Gasteiger partial charge in [-0.2, -0.15) is 8.42 Å². The number of halogens is 1. The van der Waals surface area contributed by atoms with Crippen LogP contribution in [0.25, 0.3) is 11.3 Å². The van der Waals surface area contributed by atoms with Crippen molar-refractivity contribution in [3.8, 4) is 17.0 Å². The molecule has 1 amide bonds. The molecule has 0 aliphatic carbocycles. The second-order valence-electron chi connectivity index (χ2n) is 9.59. The topological polar surface area (TPSA) is 98.2 Å². The number of benzene rings is 1. The molecule has 3 rings (SSSR count). The van der Waals surface area contributed by atoms with Crippen LogP contribution in [0.2, 0.25) is 0 Å². The first-order valence-corrected chi connectivity index (χ1v) is 13.3. The Balaban J connectivity index is 2.01. The Kier molecular flexibility index (Phi) is 8.45. The highest BCUT2D eigenvalue weighted by atomic mass is 32.2. The summed E-state index contributed by atoms with van der Waals surface area (Å²) in [6.45, 7) is 12.0. The van der Waals surface area contributed by atoms with Gasteiger partial charge in [-0.1, -0.05) is 40.7 Å². The molecule has 3 aromatic rings. The molecule has 2 heterocycles. The molecule has 1 unspecified atom stereocenters. The number of carbonyl (C=O) groups excluding carboxylic acids is 1. The average Bonchev–Trinajstić information content (AvgIpc) is 2.81. The zero-order valence-electron chi connectivity index (χ0n) is 21.4. The molecule has 9 heteroatoms. The summed E-state index contributed by atoms with van der Waals surface area (Å²) in [6.07, 6.45) is 0. The lowest BCUT2D eigenvalue weighted by molar-refractivity contribution is 0.0979. The van der Waals surface area contributed by atoms with Crippen LogP contribution in [0, 0.1) is 24.6 Å². The molecule has 36 heavy (non-hydrogen) atoms. The standard InChI is InChI=1S/C27H32FN3O4S/c1-16(2)15-35-22-13-20(12-21(28)14-22)24-11-10-23(26(30-24)19(6)17(3)4)27(32)31-36(33,34)25-9-7-8-18(5)29-25/h7-14,16-17,19H,15H2,1-6H3,(H,31,32). The maximum absolute atomic E-state index is 14.4. The highest BCUT2D eigenvalue weighted by Crippen LogP contribution is 2.30. The lowest BCUT2D eigenvalue weighted by Crippen LogP contribution is -2.32. The Morgan fingerprint density at radius 3 is 2.39 bits per heavy atom. The molecule has 7 nitrogen and oxygen atoms in total. The van der Waals surface area contributed by atoms with Gasteiger partial charge in [-0.15, -0.1) is 0 Å². The SMILES string of the molecule is Cc1cccc(S(=O)(=O)NC(=O)c2ccc(-c3cc(F)cc(OCC(C)C)c3)nc2C(C)C(C)C)n1. The van der Waals surface area contributed by atoms with Crippen molar-refractivity contribution in [3.05, 3.63) is 71.3 Å². The van der Waals surface area contributed by atoms with E-state index in [1.807, 2.05) is 34.6 Å². The van der Waals surface area contributed by atoms with Crippen molar-refractivity contribution >= 4 is 15.9 Å². The van der Waals surface area contributed by atoms with Gasteiger partial charge in [0.15, 0.2) is 5.03 Å². The molecule has 1 aromatic carbocycles. The molecule has 192 valence electrons. The van der Waals surface area contributed by atoms with Crippen molar-refractivity contribution in [2.75, 3.05) is 6.61 Å². The van der Waals surface area contributed by atoms with Crippen LogP contribution < -0.4 is 9.46 Å². The molecular weight excluding hydrogens is 481 g/mol. The summed E-state index contributed by atoms with van der Waals surface area (Å²) in [5.41, 5.74) is 2.00. The first kappa shape index (κ1) is 27.3. The quantitative estimate of drug-likeness (QED) is 0.405. The van der Waals surface area contributed by atoms with E-state index in [9.17, 15) is 17.6 Å². The van der Waals surface area contributed by atoms with E-state index in [1.165, 1.54) is 24.3 Å². The number of ether oxygens (including phenoxy) is 1. The predicted octanol–water partition coefficient (Wildman–Crippen LogP) is 5.50. The van der Waals surface area contributed by atoms with Crippen LogP contribution >= 0.6 is 0 Å². The van der Waals surface area contributed by atoms with Gasteiger partial charge >= 0.3 is 0 Å². The minimum absolute atomic E-state index is 0.104. The van der Waals surface area contributed by atoms with Crippen LogP contribution in [0.4, 0.5) is 4.39 Å². The summed E-state index contributed by atoms with van der Waals surface area (Å²) < 4.78 is 47.7. The van der Waals surface area contributed by atoms with E-state index in [2.05, 4.69) is 14.7 Å². The summed E-state index contributed by atoms with van der Waals surface area (Å²) >= 11 is 0. The Labute approximate surface area is 212 Å². The van der Waals surface area contributed by atoms with Gasteiger partial charge in [-0.3, -0.25) is 9.78 Å². The van der Waals surface area contributed by atoms with E-state index >= 15 is 0 Å². The first-order chi connectivity index (χ1) is 16.9. The van der Waals surface area contributed by atoms with Crippen molar-refractivity contribution < 1.29 is 22.3 Å². The monoisotopic (exact) mass is 513 g/mol. The Hall–Kier alpha value is -3.33. The van der Waals surface area contributed by atoms with Gasteiger partial charge in [0, 0.05) is 23.2 Å². The molecule has 0 fully saturated rings. The van der Waals surface area contributed by atoms with E-state index in [1.54, 1.807) is 31.2 Å². The third-order valence-electron chi connectivity index (χ3n) is 5.72. The van der Waals surface area contributed by atoms with Crippen LogP contribution in [-0.2, 0) is 10.0 Å². The third-order valence-corrected chi connectivity index (χ3v) is 6.95. The second kappa shape index (κ2) is 11.2. The number of aryl methyl sites for hydroxylation is 1. The van der Waals surface area contributed by atoms with Crippen molar-refractivity contribution in [2.45, 2.75) is 52.5 Å². The Morgan fingerprint density at radius 2 is 1.75 bits per heavy atom. The van der Waals surface area contributed by atoms with Gasteiger partial charge in [0.05, 0.1) is 23.6 Å². The summed E-state index contributed by atoms with van der Waals surface area (Å²) in [4.78, 5) is 21.8. The number of pyridine rings is 2. The van der Waals surface area contributed by atoms with Gasteiger partial charge in [0.1, 0.15) is 11.6 Å². The fourth-order valence-corrected chi connectivity index (χ4v) is 4.42. The number of hydrogen-bond donors (Lipinski definition) is 1. The molecule has 0 saturated carbocycles.